The molecule has 1 aromatic carbocycles. The zero-order valence-electron chi connectivity index (χ0n) is 11.4. The highest BCUT2D eigenvalue weighted by Gasteiger charge is 2.18. The van der Waals surface area contributed by atoms with E-state index in [-0.39, 0.29) is 23.7 Å². The standard InChI is InChI=1S/C15H17ClFNO2/c1-9-5-6-20-15(9)10(2)18-14(8-19)11-3-4-12(16)13(17)7-11/h3-7,10,14,18-19H,8H2,1-2H3. The molecule has 0 bridgehead atoms. The zero-order chi connectivity index (χ0) is 14.7. The van der Waals surface area contributed by atoms with Crippen LogP contribution in [-0.2, 0) is 0 Å². The van der Waals surface area contributed by atoms with Crippen molar-refractivity contribution in [3.63, 3.8) is 0 Å². The molecular weight excluding hydrogens is 281 g/mol. The molecule has 0 amide bonds. The summed E-state index contributed by atoms with van der Waals surface area (Å²) in [5.41, 5.74) is 1.68. The molecule has 5 heteroatoms. The summed E-state index contributed by atoms with van der Waals surface area (Å²) in [5, 5.41) is 12.8. The first-order valence-corrected chi connectivity index (χ1v) is 6.76. The Labute approximate surface area is 122 Å². The molecule has 0 aliphatic rings. The fourth-order valence-corrected chi connectivity index (χ4v) is 2.31. The van der Waals surface area contributed by atoms with Crippen molar-refractivity contribution in [2.24, 2.45) is 0 Å². The second-order valence-corrected chi connectivity index (χ2v) is 5.17. The van der Waals surface area contributed by atoms with Gasteiger partial charge >= 0.3 is 0 Å². The minimum absolute atomic E-state index is 0.0698. The maximum atomic E-state index is 13.5. The van der Waals surface area contributed by atoms with E-state index < -0.39 is 5.82 Å². The first kappa shape index (κ1) is 15.0. The Kier molecular flexibility index (Phi) is 4.81. The van der Waals surface area contributed by atoms with Crippen molar-refractivity contribution in [3.8, 4) is 0 Å². The third kappa shape index (κ3) is 3.20. The Bertz CT molecular complexity index is 585. The first-order chi connectivity index (χ1) is 9.52. The quantitative estimate of drug-likeness (QED) is 0.883. The molecule has 2 unspecified atom stereocenters. The molecule has 1 aromatic heterocycles. The molecule has 2 atom stereocenters. The number of furan rings is 1. The van der Waals surface area contributed by atoms with Crippen LogP contribution in [0.4, 0.5) is 4.39 Å². The van der Waals surface area contributed by atoms with Gasteiger partial charge in [-0.15, -0.1) is 0 Å². The highest BCUT2D eigenvalue weighted by atomic mass is 35.5. The van der Waals surface area contributed by atoms with Gasteiger partial charge in [0.15, 0.2) is 0 Å². The van der Waals surface area contributed by atoms with E-state index in [2.05, 4.69) is 5.32 Å². The lowest BCUT2D eigenvalue weighted by Crippen LogP contribution is -2.27. The van der Waals surface area contributed by atoms with Crippen molar-refractivity contribution < 1.29 is 13.9 Å². The number of benzene rings is 1. The summed E-state index contributed by atoms with van der Waals surface area (Å²) in [6.45, 7) is 3.73. The largest absolute Gasteiger partial charge is 0.467 e. The van der Waals surface area contributed by atoms with E-state index in [1.807, 2.05) is 19.9 Å². The number of aliphatic hydroxyl groups is 1. The van der Waals surface area contributed by atoms with Crippen LogP contribution in [0.3, 0.4) is 0 Å². The summed E-state index contributed by atoms with van der Waals surface area (Å²) in [5.74, 6) is 0.309. The van der Waals surface area contributed by atoms with Crippen molar-refractivity contribution >= 4 is 11.6 Å². The summed E-state index contributed by atoms with van der Waals surface area (Å²) in [7, 11) is 0. The molecule has 2 aromatic rings. The smallest absolute Gasteiger partial charge is 0.142 e. The van der Waals surface area contributed by atoms with Crippen LogP contribution in [0.15, 0.2) is 34.9 Å². The van der Waals surface area contributed by atoms with Gasteiger partial charge in [0.05, 0.1) is 30.0 Å². The van der Waals surface area contributed by atoms with Crippen molar-refractivity contribution in [2.45, 2.75) is 25.9 Å². The van der Waals surface area contributed by atoms with Gasteiger partial charge in [-0.1, -0.05) is 17.7 Å². The molecule has 108 valence electrons. The SMILES string of the molecule is Cc1ccoc1C(C)NC(CO)c1ccc(Cl)c(F)c1. The van der Waals surface area contributed by atoms with Crippen LogP contribution in [-0.4, -0.2) is 11.7 Å². The van der Waals surface area contributed by atoms with E-state index in [0.717, 1.165) is 11.3 Å². The lowest BCUT2D eigenvalue weighted by atomic mass is 10.1. The van der Waals surface area contributed by atoms with Gasteiger partial charge in [0, 0.05) is 0 Å². The Hall–Kier alpha value is -1.36. The number of rotatable bonds is 5. The van der Waals surface area contributed by atoms with Crippen LogP contribution in [0.2, 0.25) is 5.02 Å². The van der Waals surface area contributed by atoms with E-state index >= 15 is 0 Å². The van der Waals surface area contributed by atoms with Crippen LogP contribution in [0, 0.1) is 12.7 Å². The predicted molar refractivity (Wildman–Crippen MR) is 76.2 cm³/mol. The lowest BCUT2D eigenvalue weighted by Gasteiger charge is -2.21. The second-order valence-electron chi connectivity index (χ2n) is 4.76. The van der Waals surface area contributed by atoms with Crippen molar-refractivity contribution in [1.82, 2.24) is 5.32 Å². The molecule has 2 N–H and O–H groups in total. The number of aryl methyl sites for hydroxylation is 1. The predicted octanol–water partition coefficient (Wildman–Crippen LogP) is 3.76. The summed E-state index contributed by atoms with van der Waals surface area (Å²) < 4.78 is 18.9. The maximum absolute atomic E-state index is 13.5. The second kappa shape index (κ2) is 6.39. The first-order valence-electron chi connectivity index (χ1n) is 6.38. The molecular formula is C15H17ClFNO2. The summed E-state index contributed by atoms with van der Waals surface area (Å²) in [4.78, 5) is 0. The number of halogens is 2. The molecule has 3 nitrogen and oxygen atoms in total. The monoisotopic (exact) mass is 297 g/mol. The molecule has 2 rings (SSSR count). The summed E-state index contributed by atoms with van der Waals surface area (Å²) in [6.07, 6.45) is 1.62. The van der Waals surface area contributed by atoms with E-state index in [0.29, 0.717) is 5.56 Å². The highest BCUT2D eigenvalue weighted by Crippen LogP contribution is 2.24. The maximum Gasteiger partial charge on any atom is 0.142 e. The summed E-state index contributed by atoms with van der Waals surface area (Å²) >= 11 is 5.66. The molecule has 20 heavy (non-hydrogen) atoms. The van der Waals surface area contributed by atoms with Crippen LogP contribution in [0.1, 0.15) is 35.9 Å². The highest BCUT2D eigenvalue weighted by molar-refractivity contribution is 6.30. The van der Waals surface area contributed by atoms with Crippen LogP contribution >= 0.6 is 11.6 Å². The van der Waals surface area contributed by atoms with E-state index in [9.17, 15) is 9.50 Å². The van der Waals surface area contributed by atoms with Crippen molar-refractivity contribution in [3.05, 3.63) is 58.3 Å². The molecule has 0 saturated carbocycles. The third-order valence-electron chi connectivity index (χ3n) is 3.27. The fourth-order valence-electron chi connectivity index (χ4n) is 2.19. The molecule has 0 spiro atoms. The van der Waals surface area contributed by atoms with Crippen LogP contribution in [0.5, 0.6) is 0 Å². The molecule has 0 saturated heterocycles. The number of hydrogen-bond acceptors (Lipinski definition) is 3. The Morgan fingerprint density at radius 2 is 2.15 bits per heavy atom. The Morgan fingerprint density at radius 1 is 1.40 bits per heavy atom. The topological polar surface area (TPSA) is 45.4 Å². The van der Waals surface area contributed by atoms with Gasteiger partial charge in [-0.25, -0.2) is 4.39 Å². The number of nitrogens with one attached hydrogen (secondary N) is 1. The normalized spacial score (nSPS) is 14.2. The minimum atomic E-state index is -0.494. The van der Waals surface area contributed by atoms with Gasteiger partial charge in [0.2, 0.25) is 0 Å². The molecule has 0 aliphatic heterocycles. The lowest BCUT2D eigenvalue weighted by molar-refractivity contribution is 0.230. The van der Waals surface area contributed by atoms with E-state index in [1.54, 1.807) is 12.3 Å². The number of hydrogen-bond donors (Lipinski definition) is 2. The van der Waals surface area contributed by atoms with E-state index in [4.69, 9.17) is 16.0 Å². The fraction of sp³-hybridized carbons (Fsp3) is 0.333. The van der Waals surface area contributed by atoms with Crippen molar-refractivity contribution in [2.75, 3.05) is 6.61 Å². The molecule has 0 fully saturated rings. The number of aliphatic hydroxyl groups excluding tert-OH is 1. The van der Waals surface area contributed by atoms with Crippen LogP contribution in [0.25, 0.3) is 0 Å². The van der Waals surface area contributed by atoms with Gasteiger partial charge in [0.1, 0.15) is 11.6 Å². The van der Waals surface area contributed by atoms with Crippen LogP contribution < -0.4 is 5.32 Å². The Morgan fingerprint density at radius 3 is 2.70 bits per heavy atom. The molecule has 0 aliphatic carbocycles. The molecule has 1 heterocycles. The van der Waals surface area contributed by atoms with Gasteiger partial charge in [-0.05, 0) is 43.2 Å². The molecule has 0 radical (unpaired) electrons. The summed E-state index contributed by atoms with van der Waals surface area (Å²) in [6, 6.07) is 5.91. The minimum Gasteiger partial charge on any atom is -0.467 e. The van der Waals surface area contributed by atoms with Gasteiger partial charge in [-0.2, -0.15) is 0 Å². The third-order valence-corrected chi connectivity index (χ3v) is 3.58. The van der Waals surface area contributed by atoms with Gasteiger partial charge in [-0.3, -0.25) is 5.32 Å². The zero-order valence-corrected chi connectivity index (χ0v) is 12.1. The van der Waals surface area contributed by atoms with Gasteiger partial charge < -0.3 is 9.52 Å². The van der Waals surface area contributed by atoms with Gasteiger partial charge in [0.25, 0.3) is 0 Å². The van der Waals surface area contributed by atoms with E-state index in [1.165, 1.54) is 12.1 Å². The average molecular weight is 298 g/mol. The van der Waals surface area contributed by atoms with Crippen molar-refractivity contribution in [1.29, 1.82) is 0 Å². The average Bonchev–Trinajstić information content (AvgIpc) is 2.85. The Balaban J connectivity index is 2.16.